The number of carbonyl (C=O) groups is 1. The molecule has 5 nitrogen and oxygen atoms in total. The van der Waals surface area contributed by atoms with Crippen molar-refractivity contribution in [3.63, 3.8) is 0 Å². The lowest BCUT2D eigenvalue weighted by Gasteiger charge is -2.14. The molecule has 0 aliphatic rings. The average molecular weight is 325 g/mol. The number of hydrogen-bond acceptors (Lipinski definition) is 5. The molecule has 2 N–H and O–H groups in total. The zero-order valence-electron chi connectivity index (χ0n) is 15.2. The van der Waals surface area contributed by atoms with E-state index >= 15 is 0 Å². The number of esters is 1. The largest absolute Gasteiger partial charge is 0.461 e. The van der Waals surface area contributed by atoms with Crippen LogP contribution in [0.25, 0.3) is 0 Å². The van der Waals surface area contributed by atoms with Crippen LogP contribution in [0.15, 0.2) is 16.9 Å². The third-order valence-electron chi connectivity index (χ3n) is 3.70. The smallest absolute Gasteiger partial charge is 0.357 e. The Labute approximate surface area is 141 Å². The molecule has 0 rings (SSSR count). The molecule has 0 aliphatic heterocycles. The lowest BCUT2D eigenvalue weighted by Crippen LogP contribution is -2.30. The van der Waals surface area contributed by atoms with Crippen molar-refractivity contribution in [3.05, 3.63) is 11.8 Å². The minimum absolute atomic E-state index is 0.259. The fourth-order valence-corrected chi connectivity index (χ4v) is 2.36. The van der Waals surface area contributed by atoms with Crippen LogP contribution in [0, 0.1) is 0 Å². The fraction of sp³-hybridized carbons (Fsp3) is 0.778. The highest BCUT2D eigenvalue weighted by Crippen LogP contribution is 2.11. The third-order valence-corrected chi connectivity index (χ3v) is 3.70. The Bertz CT molecular complexity index is 354. The molecule has 0 bridgehead atoms. The van der Waals surface area contributed by atoms with Crippen molar-refractivity contribution < 1.29 is 9.53 Å². The van der Waals surface area contributed by atoms with Gasteiger partial charge in [-0.1, -0.05) is 70.8 Å². The first-order valence-electron chi connectivity index (χ1n) is 9.04. The number of unbranched alkanes of at least 4 members (excludes halogenated alkanes) is 9. The summed E-state index contributed by atoms with van der Waals surface area (Å²) in [6.45, 7) is 6.16. The van der Waals surface area contributed by atoms with Gasteiger partial charge in [-0.2, -0.15) is 10.2 Å². The average Bonchev–Trinajstić information content (AvgIpc) is 2.53. The summed E-state index contributed by atoms with van der Waals surface area (Å²) in [4.78, 5) is 11.9. The zero-order valence-corrected chi connectivity index (χ0v) is 15.2. The van der Waals surface area contributed by atoms with Crippen molar-refractivity contribution >= 4 is 12.2 Å². The molecule has 0 radical (unpaired) electrons. The van der Waals surface area contributed by atoms with E-state index in [4.69, 9.17) is 10.6 Å². The summed E-state index contributed by atoms with van der Waals surface area (Å²) in [6.07, 6.45) is 15.7. The molecular formula is C18H35N3O2. The number of allylic oxidation sites excluding steroid dienone is 1. The second kappa shape index (κ2) is 15.5. The Morgan fingerprint density at radius 2 is 1.52 bits per heavy atom. The Kier molecular flexibility index (Phi) is 14.6. The van der Waals surface area contributed by atoms with Crippen molar-refractivity contribution in [1.29, 1.82) is 0 Å². The number of hydrogen-bond donors (Lipinski definition) is 1. The Balaban J connectivity index is 3.58. The highest BCUT2D eigenvalue weighted by atomic mass is 16.5. The molecule has 0 unspecified atom stereocenters. The van der Waals surface area contributed by atoms with Crippen LogP contribution >= 0.6 is 0 Å². The van der Waals surface area contributed by atoms with E-state index in [2.05, 4.69) is 12.0 Å². The molecule has 0 saturated carbocycles. The van der Waals surface area contributed by atoms with Crippen LogP contribution in [0.2, 0.25) is 0 Å². The monoisotopic (exact) mass is 325 g/mol. The van der Waals surface area contributed by atoms with Crippen LogP contribution in [0.4, 0.5) is 0 Å². The van der Waals surface area contributed by atoms with Crippen LogP contribution in [0.1, 0.15) is 85.0 Å². The third kappa shape index (κ3) is 11.8. The second-order valence-corrected chi connectivity index (χ2v) is 5.71. The quantitative estimate of drug-likeness (QED) is 0.127. The van der Waals surface area contributed by atoms with E-state index in [1.54, 1.807) is 19.9 Å². The predicted molar refractivity (Wildman–Crippen MR) is 96.8 cm³/mol. The van der Waals surface area contributed by atoms with Gasteiger partial charge in [0.05, 0.1) is 6.61 Å². The fourth-order valence-electron chi connectivity index (χ4n) is 2.36. The maximum Gasteiger partial charge on any atom is 0.357 e. The number of hydrazine groups is 1. The predicted octanol–water partition coefficient (Wildman–Crippen LogP) is 4.54. The Morgan fingerprint density at radius 3 is 2.00 bits per heavy atom. The van der Waals surface area contributed by atoms with Crippen LogP contribution in [-0.4, -0.2) is 23.9 Å². The van der Waals surface area contributed by atoms with E-state index in [9.17, 15) is 4.79 Å². The van der Waals surface area contributed by atoms with Gasteiger partial charge in [0.15, 0.2) is 5.70 Å². The minimum atomic E-state index is -0.420. The van der Waals surface area contributed by atoms with Gasteiger partial charge in [0.2, 0.25) is 0 Å². The normalized spacial score (nSPS) is 11.9. The molecule has 0 spiro atoms. The van der Waals surface area contributed by atoms with Crippen molar-refractivity contribution in [2.45, 2.75) is 85.0 Å². The topological polar surface area (TPSA) is 67.9 Å². The standard InChI is InChI=1S/C18H35N3O2/c1-4-7-8-9-10-11-12-13-14-15-16-23-18(22)17(5-2)21(19)20-6-3/h5-6H,4,7-16,19H2,1-3H3. The number of ether oxygens (including phenoxy) is 1. The first-order chi connectivity index (χ1) is 11.2. The van der Waals surface area contributed by atoms with Gasteiger partial charge in [-0.25, -0.2) is 10.6 Å². The van der Waals surface area contributed by atoms with Gasteiger partial charge in [-0.3, -0.25) is 0 Å². The highest BCUT2D eigenvalue weighted by Gasteiger charge is 2.14. The number of nitrogens with zero attached hydrogens (tertiary/aromatic N) is 2. The molecule has 0 aromatic carbocycles. The number of rotatable bonds is 14. The summed E-state index contributed by atoms with van der Waals surface area (Å²) in [5.41, 5.74) is 0.259. The summed E-state index contributed by atoms with van der Waals surface area (Å²) < 4.78 is 5.23. The number of nitrogens with two attached hydrogens (primary N) is 1. The molecule has 0 aliphatic carbocycles. The van der Waals surface area contributed by atoms with E-state index in [1.165, 1.54) is 57.6 Å². The van der Waals surface area contributed by atoms with Crippen LogP contribution < -0.4 is 5.84 Å². The molecular weight excluding hydrogens is 290 g/mol. The van der Waals surface area contributed by atoms with E-state index in [0.29, 0.717) is 6.61 Å². The lowest BCUT2D eigenvalue weighted by molar-refractivity contribution is -0.141. The van der Waals surface area contributed by atoms with Gasteiger partial charge >= 0.3 is 5.97 Å². The maximum atomic E-state index is 11.9. The molecule has 0 atom stereocenters. The van der Waals surface area contributed by atoms with Gasteiger partial charge in [-0.15, -0.1) is 0 Å². The summed E-state index contributed by atoms with van der Waals surface area (Å²) in [7, 11) is 0. The van der Waals surface area contributed by atoms with E-state index in [0.717, 1.165) is 18.0 Å². The maximum absolute atomic E-state index is 11.9. The van der Waals surface area contributed by atoms with E-state index < -0.39 is 5.97 Å². The first-order valence-corrected chi connectivity index (χ1v) is 9.04. The van der Waals surface area contributed by atoms with Gasteiger partial charge < -0.3 is 4.74 Å². The molecule has 0 aromatic rings. The summed E-state index contributed by atoms with van der Waals surface area (Å²) in [6, 6.07) is 0. The molecule has 0 heterocycles. The van der Waals surface area contributed by atoms with Crippen LogP contribution in [-0.2, 0) is 9.53 Å². The lowest BCUT2D eigenvalue weighted by atomic mass is 10.1. The molecule has 0 amide bonds. The second-order valence-electron chi connectivity index (χ2n) is 5.71. The van der Waals surface area contributed by atoms with Gasteiger partial charge in [-0.05, 0) is 20.3 Å². The summed E-state index contributed by atoms with van der Waals surface area (Å²) in [5, 5.41) is 4.88. The SMILES string of the molecule is CC=NN(N)C(=CC)C(=O)OCCCCCCCCCCCC. The molecule has 0 saturated heterocycles. The van der Waals surface area contributed by atoms with Gasteiger partial charge in [0, 0.05) is 6.21 Å². The summed E-state index contributed by atoms with van der Waals surface area (Å²) in [5.74, 6) is 5.22. The molecule has 5 heteroatoms. The van der Waals surface area contributed by atoms with Crippen LogP contribution in [0.3, 0.4) is 0 Å². The van der Waals surface area contributed by atoms with Crippen molar-refractivity contribution in [2.75, 3.05) is 6.61 Å². The Morgan fingerprint density at radius 1 is 1.00 bits per heavy atom. The van der Waals surface area contributed by atoms with Gasteiger partial charge in [0.25, 0.3) is 0 Å². The summed E-state index contributed by atoms with van der Waals surface area (Å²) >= 11 is 0. The highest BCUT2D eigenvalue weighted by molar-refractivity contribution is 5.87. The van der Waals surface area contributed by atoms with Crippen molar-refractivity contribution in [2.24, 2.45) is 10.9 Å². The zero-order chi connectivity index (χ0) is 17.3. The van der Waals surface area contributed by atoms with Gasteiger partial charge in [0.1, 0.15) is 0 Å². The first kappa shape index (κ1) is 21.6. The van der Waals surface area contributed by atoms with Crippen molar-refractivity contribution in [1.82, 2.24) is 5.12 Å². The van der Waals surface area contributed by atoms with E-state index in [-0.39, 0.29) is 5.70 Å². The molecule has 134 valence electrons. The molecule has 0 fully saturated rings. The minimum Gasteiger partial charge on any atom is -0.461 e. The molecule has 0 aromatic heterocycles. The Hall–Kier alpha value is -1.36. The van der Waals surface area contributed by atoms with Crippen molar-refractivity contribution in [3.8, 4) is 0 Å². The molecule has 23 heavy (non-hydrogen) atoms. The van der Waals surface area contributed by atoms with E-state index in [1.807, 2.05) is 0 Å². The number of hydrazone groups is 1. The van der Waals surface area contributed by atoms with Crippen LogP contribution in [0.5, 0.6) is 0 Å². The number of carbonyl (C=O) groups excluding carboxylic acids is 1.